The maximum absolute atomic E-state index is 10.3. The number of ether oxygens (including phenoxy) is 2. The first kappa shape index (κ1) is 12.3. The molecule has 0 atom stereocenters. The molecule has 6 heteroatoms. The minimum Gasteiger partial charge on any atom is -0.481 e. The quantitative estimate of drug-likeness (QED) is 0.679. The van der Waals surface area contributed by atoms with Gasteiger partial charge in [-0.2, -0.15) is 0 Å². The van der Waals surface area contributed by atoms with Crippen molar-refractivity contribution in [3.63, 3.8) is 0 Å². The Morgan fingerprint density at radius 2 is 2.44 bits per heavy atom. The summed E-state index contributed by atoms with van der Waals surface area (Å²) in [7, 11) is 1.57. The Morgan fingerprint density at radius 3 is 3.12 bits per heavy atom. The fourth-order valence-corrected chi connectivity index (χ4v) is 1.19. The summed E-state index contributed by atoms with van der Waals surface area (Å²) in [5.74, 6) is 0.589. The number of amides is 1. The number of rotatable bonds is 6. The molecule has 3 N–H and O–H groups in total. The molecule has 0 radical (unpaired) electrons. The predicted molar refractivity (Wildman–Crippen MR) is 58.0 cm³/mol. The molecule has 1 amide bonds. The summed E-state index contributed by atoms with van der Waals surface area (Å²) in [4.78, 5) is 14.3. The molecule has 0 aliphatic heterocycles. The van der Waals surface area contributed by atoms with Gasteiger partial charge in [-0.15, -0.1) is 0 Å². The van der Waals surface area contributed by atoms with Crippen LogP contribution in [0.4, 0.5) is 4.79 Å². The first-order valence-electron chi connectivity index (χ1n) is 4.85. The number of primary amides is 1. The van der Waals surface area contributed by atoms with Crippen LogP contribution in [0.2, 0.25) is 0 Å². The van der Waals surface area contributed by atoms with Crippen molar-refractivity contribution >= 4 is 6.09 Å². The summed E-state index contributed by atoms with van der Waals surface area (Å²) in [6.07, 6.45) is 0.902. The van der Waals surface area contributed by atoms with E-state index in [9.17, 15) is 4.79 Å². The first-order chi connectivity index (χ1) is 7.74. The lowest BCUT2D eigenvalue weighted by Crippen LogP contribution is -2.23. The molecule has 0 fully saturated rings. The lowest BCUT2D eigenvalue weighted by Gasteiger charge is -2.08. The third-order valence-electron chi connectivity index (χ3n) is 1.88. The number of hydrogen-bond donors (Lipinski definition) is 2. The molecule has 0 spiro atoms. The zero-order chi connectivity index (χ0) is 11.8. The van der Waals surface area contributed by atoms with E-state index in [-0.39, 0.29) is 6.61 Å². The van der Waals surface area contributed by atoms with Gasteiger partial charge in [0, 0.05) is 24.8 Å². The molecule has 0 saturated carbocycles. The number of aromatic nitrogens is 1. The maximum atomic E-state index is 10.3. The first-order valence-corrected chi connectivity index (χ1v) is 4.85. The zero-order valence-electron chi connectivity index (χ0n) is 9.10. The molecular formula is C10H15N3O3. The van der Waals surface area contributed by atoms with Crippen molar-refractivity contribution in [1.82, 2.24) is 10.3 Å². The lowest BCUT2D eigenvalue weighted by molar-refractivity contribution is 0.157. The molecule has 0 aliphatic rings. The molecule has 0 aliphatic carbocycles. The largest absolute Gasteiger partial charge is 0.481 e. The number of nitrogens with two attached hydrogens (primary N) is 1. The van der Waals surface area contributed by atoms with Crippen molar-refractivity contribution in [3.05, 3.63) is 23.9 Å². The zero-order valence-corrected chi connectivity index (χ0v) is 9.10. The van der Waals surface area contributed by atoms with Crippen molar-refractivity contribution in [2.45, 2.75) is 6.54 Å². The molecule has 0 unspecified atom stereocenters. The van der Waals surface area contributed by atoms with Crippen LogP contribution in [0, 0.1) is 0 Å². The van der Waals surface area contributed by atoms with E-state index in [1.807, 2.05) is 12.1 Å². The van der Waals surface area contributed by atoms with Crippen molar-refractivity contribution in [3.8, 4) is 5.88 Å². The Kier molecular flexibility index (Phi) is 5.07. The van der Waals surface area contributed by atoms with Gasteiger partial charge in [0.05, 0.1) is 7.11 Å². The number of pyridine rings is 1. The Balaban J connectivity index is 2.28. The van der Waals surface area contributed by atoms with Crippen LogP contribution in [-0.2, 0) is 11.3 Å². The van der Waals surface area contributed by atoms with Gasteiger partial charge in [0.1, 0.15) is 6.61 Å². The molecule has 6 nitrogen and oxygen atoms in total. The van der Waals surface area contributed by atoms with Crippen LogP contribution in [0.15, 0.2) is 18.3 Å². The fourth-order valence-electron chi connectivity index (χ4n) is 1.19. The number of nitrogens with one attached hydrogen (secondary N) is 1. The van der Waals surface area contributed by atoms with Crippen LogP contribution in [0.5, 0.6) is 5.88 Å². The van der Waals surface area contributed by atoms with Crippen molar-refractivity contribution in [1.29, 1.82) is 0 Å². The molecule has 16 heavy (non-hydrogen) atoms. The van der Waals surface area contributed by atoms with Crippen LogP contribution < -0.4 is 15.8 Å². The summed E-state index contributed by atoms with van der Waals surface area (Å²) in [6.45, 7) is 1.37. The van der Waals surface area contributed by atoms with Crippen LogP contribution in [-0.4, -0.2) is 31.3 Å². The van der Waals surface area contributed by atoms with E-state index in [1.165, 1.54) is 0 Å². The van der Waals surface area contributed by atoms with E-state index >= 15 is 0 Å². The Morgan fingerprint density at radius 1 is 1.62 bits per heavy atom. The predicted octanol–water partition coefficient (Wildman–Crippen LogP) is 0.275. The number of methoxy groups -OCH3 is 1. The van der Waals surface area contributed by atoms with Gasteiger partial charge < -0.3 is 20.5 Å². The normalized spacial score (nSPS) is 9.81. The van der Waals surface area contributed by atoms with Gasteiger partial charge in [0.2, 0.25) is 5.88 Å². The smallest absolute Gasteiger partial charge is 0.404 e. The topological polar surface area (TPSA) is 86.5 Å². The van der Waals surface area contributed by atoms with E-state index in [2.05, 4.69) is 15.0 Å². The summed E-state index contributed by atoms with van der Waals surface area (Å²) in [5, 5.41) is 3.08. The van der Waals surface area contributed by atoms with Crippen LogP contribution >= 0.6 is 0 Å². The second kappa shape index (κ2) is 6.62. The van der Waals surface area contributed by atoms with Gasteiger partial charge in [-0.05, 0) is 6.07 Å². The van der Waals surface area contributed by atoms with Gasteiger partial charge in [-0.1, -0.05) is 6.07 Å². The molecule has 0 aromatic carbocycles. The lowest BCUT2D eigenvalue weighted by atomic mass is 10.2. The van der Waals surface area contributed by atoms with Crippen molar-refractivity contribution in [2.75, 3.05) is 20.3 Å². The third-order valence-corrected chi connectivity index (χ3v) is 1.88. The van der Waals surface area contributed by atoms with Crippen molar-refractivity contribution < 1.29 is 14.3 Å². The molecule has 1 heterocycles. The Bertz CT molecular complexity index is 344. The molecule has 0 bridgehead atoms. The van der Waals surface area contributed by atoms with Crippen LogP contribution in [0.3, 0.4) is 0 Å². The van der Waals surface area contributed by atoms with Gasteiger partial charge in [0.15, 0.2) is 0 Å². The van der Waals surface area contributed by atoms with Crippen molar-refractivity contribution in [2.24, 2.45) is 5.73 Å². The summed E-state index contributed by atoms with van der Waals surface area (Å²) < 4.78 is 9.65. The van der Waals surface area contributed by atoms with Crippen LogP contribution in [0.1, 0.15) is 5.56 Å². The molecule has 0 saturated heterocycles. The average molecular weight is 225 g/mol. The highest BCUT2D eigenvalue weighted by Crippen LogP contribution is 2.12. The van der Waals surface area contributed by atoms with Gasteiger partial charge in [-0.25, -0.2) is 9.78 Å². The maximum Gasteiger partial charge on any atom is 0.404 e. The third kappa shape index (κ3) is 4.14. The average Bonchev–Trinajstić information content (AvgIpc) is 2.29. The number of hydrogen-bond acceptors (Lipinski definition) is 5. The molecular weight excluding hydrogens is 210 g/mol. The van der Waals surface area contributed by atoms with E-state index in [4.69, 9.17) is 10.5 Å². The molecule has 1 aromatic heterocycles. The number of nitrogens with zero attached hydrogens (tertiary/aromatic N) is 1. The highest BCUT2D eigenvalue weighted by atomic mass is 16.5. The number of carbonyl (C=O) groups excluding carboxylic acids is 1. The Labute approximate surface area is 93.8 Å². The van der Waals surface area contributed by atoms with Gasteiger partial charge in [0.25, 0.3) is 0 Å². The van der Waals surface area contributed by atoms with E-state index in [1.54, 1.807) is 13.3 Å². The highest BCUT2D eigenvalue weighted by molar-refractivity contribution is 5.64. The van der Waals surface area contributed by atoms with Gasteiger partial charge >= 0.3 is 6.09 Å². The summed E-state index contributed by atoms with van der Waals surface area (Å²) >= 11 is 0. The monoisotopic (exact) mass is 225 g/mol. The van der Waals surface area contributed by atoms with E-state index < -0.39 is 6.09 Å². The minimum absolute atomic E-state index is 0.248. The summed E-state index contributed by atoms with van der Waals surface area (Å²) in [6, 6.07) is 3.74. The standard InChI is InChI=1S/C10H15N3O3/c1-15-9-8(3-2-4-13-9)7-12-5-6-16-10(11)14/h2-4,12H,5-7H2,1H3,(H2,11,14). The highest BCUT2D eigenvalue weighted by Gasteiger charge is 2.02. The van der Waals surface area contributed by atoms with Crippen LogP contribution in [0.25, 0.3) is 0 Å². The minimum atomic E-state index is -0.763. The fraction of sp³-hybridized carbons (Fsp3) is 0.400. The Hall–Kier alpha value is -1.82. The number of carbonyl (C=O) groups is 1. The van der Waals surface area contributed by atoms with E-state index in [0.717, 1.165) is 5.56 Å². The second-order valence-electron chi connectivity index (χ2n) is 3.02. The SMILES string of the molecule is COc1ncccc1CNCCOC(N)=O. The summed E-state index contributed by atoms with van der Waals surface area (Å²) in [5.41, 5.74) is 5.76. The molecule has 1 rings (SSSR count). The second-order valence-corrected chi connectivity index (χ2v) is 3.02. The molecule has 88 valence electrons. The van der Waals surface area contributed by atoms with Gasteiger partial charge in [-0.3, -0.25) is 0 Å². The van der Waals surface area contributed by atoms with E-state index in [0.29, 0.717) is 19.0 Å². The molecule has 1 aromatic rings.